The van der Waals surface area contributed by atoms with Crippen LogP contribution in [0.15, 0.2) is 45.3 Å². The molecule has 32 heavy (non-hydrogen) atoms. The van der Waals surface area contributed by atoms with Gasteiger partial charge in [0.2, 0.25) is 5.91 Å². The predicted octanol–water partition coefficient (Wildman–Crippen LogP) is 2.73. The molecule has 10 heteroatoms. The molecule has 3 rings (SSSR count). The Bertz CT molecular complexity index is 995. The van der Waals surface area contributed by atoms with Crippen LogP contribution in [0.3, 0.4) is 0 Å². The summed E-state index contributed by atoms with van der Waals surface area (Å²) in [4.78, 5) is 27.6. The number of phenolic OH excluding ortho intramolecular Hbond substituents is 1. The Morgan fingerprint density at radius 3 is 2.38 bits per heavy atom. The molecule has 8 nitrogen and oxygen atoms in total. The number of amides is 2. The fourth-order valence-corrected chi connectivity index (χ4v) is 4.60. The minimum absolute atomic E-state index is 0.0450. The Labute approximate surface area is 202 Å². The van der Waals surface area contributed by atoms with Gasteiger partial charge in [-0.2, -0.15) is 5.26 Å². The molecule has 1 saturated heterocycles. The number of nitriles is 1. The number of hydrogen-bond acceptors (Lipinski definition) is 6. The number of anilines is 1. The van der Waals surface area contributed by atoms with Gasteiger partial charge in [-0.3, -0.25) is 9.59 Å². The molecule has 0 aliphatic carbocycles. The summed E-state index contributed by atoms with van der Waals surface area (Å²) in [6.07, 6.45) is 0.173. The maximum atomic E-state index is 12.9. The summed E-state index contributed by atoms with van der Waals surface area (Å²) in [5, 5.41) is 23.9. The second kappa shape index (κ2) is 11.3. The predicted molar refractivity (Wildman–Crippen MR) is 127 cm³/mol. The van der Waals surface area contributed by atoms with Crippen LogP contribution in [-0.4, -0.2) is 55.8 Å². The molecule has 1 aliphatic rings. The number of rotatable bonds is 7. The van der Waals surface area contributed by atoms with Gasteiger partial charge in [-0.15, -0.1) is 0 Å². The number of carbonyl (C=O) groups excluding carboxylic acids is 2. The van der Waals surface area contributed by atoms with Gasteiger partial charge in [0.05, 0.1) is 28.2 Å². The number of nitrogens with one attached hydrogen (secondary N) is 2. The normalized spacial score (nSPS) is 14.3. The molecule has 0 radical (unpaired) electrons. The van der Waals surface area contributed by atoms with Gasteiger partial charge < -0.3 is 25.4 Å². The van der Waals surface area contributed by atoms with Gasteiger partial charge in [0.25, 0.3) is 5.91 Å². The van der Waals surface area contributed by atoms with Crippen molar-refractivity contribution in [2.24, 2.45) is 0 Å². The van der Waals surface area contributed by atoms with Gasteiger partial charge >= 0.3 is 0 Å². The monoisotopic (exact) mass is 564 g/mol. The number of hydrogen-bond donors (Lipinski definition) is 3. The van der Waals surface area contributed by atoms with Gasteiger partial charge in [0, 0.05) is 30.8 Å². The molecular weight excluding hydrogens is 544 g/mol. The highest BCUT2D eigenvalue weighted by Gasteiger charge is 2.23. The lowest BCUT2D eigenvalue weighted by molar-refractivity contribution is -0.122. The van der Waals surface area contributed by atoms with Crippen LogP contribution in [0, 0.1) is 11.3 Å². The van der Waals surface area contributed by atoms with Crippen LogP contribution in [0.1, 0.15) is 15.9 Å². The molecule has 0 spiro atoms. The summed E-state index contributed by atoms with van der Waals surface area (Å²) in [7, 11) is 0. The van der Waals surface area contributed by atoms with Crippen molar-refractivity contribution in [2.75, 3.05) is 37.7 Å². The molecule has 0 bridgehead atoms. The zero-order valence-corrected chi connectivity index (χ0v) is 20.3. The average Bonchev–Trinajstić information content (AvgIpc) is 2.81. The molecule has 2 amide bonds. The van der Waals surface area contributed by atoms with Crippen LogP contribution in [0.2, 0.25) is 0 Å². The SMILES string of the molecule is N#CCNC(=O)C(Cc1cc(Br)c(O)c(Br)c1)NC(=O)c1ccc(N2CCOCC2)cc1. The highest BCUT2D eigenvalue weighted by Crippen LogP contribution is 2.33. The van der Waals surface area contributed by atoms with E-state index in [1.807, 2.05) is 18.2 Å². The summed E-state index contributed by atoms with van der Waals surface area (Å²) in [5.41, 5.74) is 2.14. The van der Waals surface area contributed by atoms with Gasteiger partial charge in [0.15, 0.2) is 0 Å². The van der Waals surface area contributed by atoms with E-state index in [1.54, 1.807) is 24.3 Å². The molecule has 1 unspecified atom stereocenters. The first-order chi connectivity index (χ1) is 15.4. The maximum absolute atomic E-state index is 12.9. The fraction of sp³-hybridized carbons (Fsp3) is 0.318. The van der Waals surface area contributed by atoms with E-state index >= 15 is 0 Å². The van der Waals surface area contributed by atoms with E-state index in [-0.39, 0.29) is 18.7 Å². The van der Waals surface area contributed by atoms with Crippen molar-refractivity contribution in [1.29, 1.82) is 5.26 Å². The Balaban J connectivity index is 1.74. The standard InChI is InChI=1S/C22H22Br2N4O4/c23-17-11-14(12-18(24)20(17)29)13-19(22(31)26-6-5-25)27-21(30)15-1-3-16(4-2-15)28-7-9-32-10-8-28/h1-4,11-12,19,29H,6-10,13H2,(H,26,31)(H,27,30). The van der Waals surface area contributed by atoms with Gasteiger partial charge in [-0.05, 0) is 73.8 Å². The first-order valence-electron chi connectivity index (χ1n) is 9.94. The van der Waals surface area contributed by atoms with Crippen molar-refractivity contribution < 1.29 is 19.4 Å². The second-order valence-corrected chi connectivity index (χ2v) is 8.87. The van der Waals surface area contributed by atoms with Crippen LogP contribution in [-0.2, 0) is 16.0 Å². The highest BCUT2D eigenvalue weighted by atomic mass is 79.9. The van der Waals surface area contributed by atoms with Gasteiger partial charge in [-0.1, -0.05) is 0 Å². The molecule has 1 heterocycles. The number of benzene rings is 2. The largest absolute Gasteiger partial charge is 0.506 e. The topological polar surface area (TPSA) is 115 Å². The third-order valence-corrected chi connectivity index (χ3v) is 6.19. The van der Waals surface area contributed by atoms with Crippen molar-refractivity contribution in [3.8, 4) is 11.8 Å². The summed E-state index contributed by atoms with van der Waals surface area (Å²) in [6.45, 7) is 2.77. The fourth-order valence-electron chi connectivity index (χ4n) is 3.32. The number of ether oxygens (including phenoxy) is 1. The smallest absolute Gasteiger partial charge is 0.251 e. The molecule has 3 N–H and O–H groups in total. The van der Waals surface area contributed by atoms with E-state index < -0.39 is 17.9 Å². The molecule has 2 aromatic rings. The van der Waals surface area contributed by atoms with Crippen LogP contribution < -0.4 is 15.5 Å². The molecule has 1 atom stereocenters. The molecule has 0 saturated carbocycles. The Kier molecular flexibility index (Phi) is 8.50. The minimum atomic E-state index is -0.905. The molecule has 2 aromatic carbocycles. The van der Waals surface area contributed by atoms with E-state index in [4.69, 9.17) is 10.00 Å². The van der Waals surface area contributed by atoms with Gasteiger partial charge in [0.1, 0.15) is 18.3 Å². The van der Waals surface area contributed by atoms with Crippen molar-refractivity contribution in [3.63, 3.8) is 0 Å². The van der Waals surface area contributed by atoms with Crippen LogP contribution in [0.25, 0.3) is 0 Å². The highest BCUT2D eigenvalue weighted by molar-refractivity contribution is 9.11. The Morgan fingerprint density at radius 1 is 1.16 bits per heavy atom. The quantitative estimate of drug-likeness (QED) is 0.445. The summed E-state index contributed by atoms with van der Waals surface area (Å²) < 4.78 is 6.29. The molecular formula is C22H22Br2N4O4. The first-order valence-corrected chi connectivity index (χ1v) is 11.5. The number of carbonyl (C=O) groups is 2. The van der Waals surface area contributed by atoms with Crippen molar-refractivity contribution in [2.45, 2.75) is 12.5 Å². The molecule has 1 aliphatic heterocycles. The second-order valence-electron chi connectivity index (χ2n) is 7.16. The lowest BCUT2D eigenvalue weighted by Crippen LogP contribution is -2.48. The molecule has 168 valence electrons. The molecule has 1 fully saturated rings. The van der Waals surface area contributed by atoms with Crippen LogP contribution >= 0.6 is 31.9 Å². The first kappa shape index (κ1) is 24.0. The summed E-state index contributed by atoms with van der Waals surface area (Å²) in [6, 6.07) is 11.5. The van der Waals surface area contributed by atoms with Crippen LogP contribution in [0.4, 0.5) is 5.69 Å². The Hall–Kier alpha value is -2.61. The van der Waals surface area contributed by atoms with Crippen molar-refractivity contribution in [1.82, 2.24) is 10.6 Å². The van der Waals surface area contributed by atoms with Crippen molar-refractivity contribution >= 4 is 49.4 Å². The van der Waals surface area contributed by atoms with Crippen molar-refractivity contribution in [3.05, 3.63) is 56.5 Å². The number of morpholine rings is 1. The van der Waals surface area contributed by atoms with E-state index in [0.29, 0.717) is 33.3 Å². The zero-order chi connectivity index (χ0) is 23.1. The number of aromatic hydroxyl groups is 1. The van der Waals surface area contributed by atoms with E-state index in [2.05, 4.69) is 47.4 Å². The lowest BCUT2D eigenvalue weighted by atomic mass is 10.0. The van der Waals surface area contributed by atoms with Gasteiger partial charge in [-0.25, -0.2) is 0 Å². The van der Waals surface area contributed by atoms with E-state index in [0.717, 1.165) is 18.8 Å². The average molecular weight is 566 g/mol. The Morgan fingerprint density at radius 2 is 1.78 bits per heavy atom. The number of nitrogens with zero attached hydrogens (tertiary/aromatic N) is 2. The summed E-state index contributed by atoms with van der Waals surface area (Å²) in [5.74, 6) is -0.818. The lowest BCUT2D eigenvalue weighted by Gasteiger charge is -2.28. The summed E-state index contributed by atoms with van der Waals surface area (Å²) >= 11 is 6.54. The van der Waals surface area contributed by atoms with Crippen LogP contribution in [0.5, 0.6) is 5.75 Å². The number of phenols is 1. The minimum Gasteiger partial charge on any atom is -0.506 e. The third kappa shape index (κ3) is 6.22. The number of halogens is 2. The third-order valence-electron chi connectivity index (χ3n) is 4.99. The maximum Gasteiger partial charge on any atom is 0.251 e. The van der Waals surface area contributed by atoms with E-state index in [9.17, 15) is 14.7 Å². The van der Waals surface area contributed by atoms with E-state index in [1.165, 1.54) is 0 Å². The molecule has 0 aromatic heterocycles. The zero-order valence-electron chi connectivity index (χ0n) is 17.1.